The van der Waals surface area contributed by atoms with Gasteiger partial charge in [-0.05, 0) is 24.6 Å². The van der Waals surface area contributed by atoms with Gasteiger partial charge in [0.05, 0.1) is 0 Å². The minimum absolute atomic E-state index is 0. The van der Waals surface area contributed by atoms with Gasteiger partial charge < -0.3 is 13.2 Å². The third-order valence-corrected chi connectivity index (χ3v) is 2.52. The smallest absolute Gasteiger partial charge is 0.716 e. The molecule has 0 amide bonds. The van der Waals surface area contributed by atoms with Gasteiger partial charge in [-0.3, -0.25) is 0 Å². The molecule has 0 saturated heterocycles. The average molecular weight is 278 g/mol. The first-order valence-electron chi connectivity index (χ1n) is 4.55. The zero-order chi connectivity index (χ0) is 12.6. The second-order valence-electron chi connectivity index (χ2n) is 3.40. The molecule has 1 heterocycles. The zero-order valence-corrected chi connectivity index (χ0v) is 12.5. The summed E-state index contributed by atoms with van der Waals surface area (Å²) in [6.07, 6.45) is 0. The summed E-state index contributed by atoms with van der Waals surface area (Å²) in [5, 5.41) is 0.639. The Balaban J connectivity index is 0.00000162. The van der Waals surface area contributed by atoms with Gasteiger partial charge in [0.2, 0.25) is 0 Å². The fraction of sp³-hybridized carbons (Fsp3) is 0.100. The zero-order valence-electron chi connectivity index (χ0n) is 9.67. The van der Waals surface area contributed by atoms with Crippen LogP contribution < -0.4 is 39.4 Å². The van der Waals surface area contributed by atoms with Gasteiger partial charge in [-0.2, -0.15) is 0 Å². The Labute approximate surface area is 125 Å². The van der Waals surface area contributed by atoms with E-state index in [1.807, 2.05) is 0 Å². The minimum atomic E-state index is -4.84. The van der Waals surface area contributed by atoms with Crippen LogP contribution >= 0.6 is 0 Å². The maximum Gasteiger partial charge on any atom is 1.00 e. The van der Waals surface area contributed by atoms with Crippen molar-refractivity contribution in [2.45, 2.75) is 6.92 Å². The topological polar surface area (TPSA) is 96.6 Å². The first-order valence-corrected chi connectivity index (χ1v) is 5.88. The van der Waals surface area contributed by atoms with Crippen LogP contribution in [0.2, 0.25) is 0 Å². The Morgan fingerprint density at radius 1 is 1.28 bits per heavy atom. The van der Waals surface area contributed by atoms with Crippen LogP contribution in [0.4, 0.5) is 0 Å². The monoisotopic (exact) mass is 278 g/mol. The fourth-order valence-corrected chi connectivity index (χ4v) is 1.81. The third-order valence-electron chi connectivity index (χ3n) is 2.12. The second-order valence-corrected chi connectivity index (χ2v) is 4.38. The van der Waals surface area contributed by atoms with E-state index in [4.69, 9.17) is 4.42 Å². The molecule has 0 aliphatic heterocycles. The summed E-state index contributed by atoms with van der Waals surface area (Å²) in [6, 6.07) is 5.31. The van der Waals surface area contributed by atoms with Crippen molar-refractivity contribution in [2.75, 3.05) is 0 Å². The van der Waals surface area contributed by atoms with Gasteiger partial charge in [0.25, 0.3) is 10.4 Å². The van der Waals surface area contributed by atoms with Gasteiger partial charge in [-0.15, -0.1) is 0 Å². The molecule has 0 fully saturated rings. The van der Waals surface area contributed by atoms with Gasteiger partial charge in [-0.25, -0.2) is 13.2 Å². The van der Waals surface area contributed by atoms with Crippen LogP contribution in [0.25, 0.3) is 11.0 Å². The summed E-state index contributed by atoms with van der Waals surface area (Å²) in [5.41, 5.74) is 0.293. The molecule has 8 heteroatoms. The Kier molecular flexibility index (Phi) is 4.57. The number of hydrogen-bond donors (Lipinski definition) is 0. The average Bonchev–Trinajstić information content (AvgIpc) is 2.13. The standard InChI is InChI=1S/C10H8O6S.Na/c1-6-4-10(11)15-9-5-7(2-3-8(6)9)16-17(12,13)14;/h2-5H,1H3,(H,12,13,14);/q;+1/p-1. The molecule has 18 heavy (non-hydrogen) atoms. The molecule has 1 aromatic carbocycles. The first kappa shape index (κ1) is 15.2. The van der Waals surface area contributed by atoms with E-state index in [1.165, 1.54) is 24.3 Å². The summed E-state index contributed by atoms with van der Waals surface area (Å²) in [7, 11) is -4.84. The Bertz CT molecular complexity index is 734. The van der Waals surface area contributed by atoms with Crippen molar-refractivity contribution in [3.05, 3.63) is 40.2 Å². The van der Waals surface area contributed by atoms with Crippen molar-refractivity contribution < 1.29 is 51.1 Å². The van der Waals surface area contributed by atoms with E-state index >= 15 is 0 Å². The van der Waals surface area contributed by atoms with E-state index < -0.39 is 16.0 Å². The molecule has 0 radical (unpaired) electrons. The number of aryl methyl sites for hydroxylation is 1. The largest absolute Gasteiger partial charge is 1.00 e. The van der Waals surface area contributed by atoms with E-state index in [2.05, 4.69) is 4.18 Å². The van der Waals surface area contributed by atoms with Crippen LogP contribution in [0.3, 0.4) is 0 Å². The molecule has 0 atom stereocenters. The van der Waals surface area contributed by atoms with Crippen molar-refractivity contribution in [1.29, 1.82) is 0 Å². The molecule has 0 aliphatic carbocycles. The molecule has 0 N–H and O–H groups in total. The maximum atomic E-state index is 11.1. The summed E-state index contributed by atoms with van der Waals surface area (Å²) in [6.45, 7) is 1.71. The molecule has 2 aromatic rings. The number of rotatable bonds is 2. The summed E-state index contributed by atoms with van der Waals surface area (Å²) < 4.78 is 40.2. The predicted octanol–water partition coefficient (Wildman–Crippen LogP) is -2.06. The van der Waals surface area contributed by atoms with Crippen molar-refractivity contribution >= 4 is 21.4 Å². The van der Waals surface area contributed by atoms with Crippen molar-refractivity contribution in [2.24, 2.45) is 0 Å². The molecule has 90 valence electrons. The molecule has 2 rings (SSSR count). The number of benzene rings is 1. The molecular weight excluding hydrogens is 271 g/mol. The van der Waals surface area contributed by atoms with E-state index in [0.29, 0.717) is 10.9 Å². The maximum absolute atomic E-state index is 11.1. The van der Waals surface area contributed by atoms with Crippen LogP contribution in [-0.2, 0) is 10.4 Å². The normalized spacial score (nSPS) is 11.0. The summed E-state index contributed by atoms with van der Waals surface area (Å²) >= 11 is 0. The van der Waals surface area contributed by atoms with Gasteiger partial charge in [0.1, 0.15) is 11.3 Å². The molecule has 0 bridgehead atoms. The van der Waals surface area contributed by atoms with E-state index in [1.54, 1.807) is 6.92 Å². The van der Waals surface area contributed by atoms with Crippen LogP contribution in [0.1, 0.15) is 5.56 Å². The van der Waals surface area contributed by atoms with Crippen molar-refractivity contribution in [3.8, 4) is 5.75 Å². The second kappa shape index (κ2) is 5.41. The van der Waals surface area contributed by atoms with Crippen LogP contribution in [0.15, 0.2) is 33.5 Å². The fourth-order valence-electron chi connectivity index (χ4n) is 1.47. The van der Waals surface area contributed by atoms with Crippen LogP contribution in [0.5, 0.6) is 5.75 Å². The van der Waals surface area contributed by atoms with E-state index in [-0.39, 0.29) is 40.9 Å². The van der Waals surface area contributed by atoms with Crippen molar-refractivity contribution in [3.63, 3.8) is 0 Å². The SMILES string of the molecule is Cc1cc(=O)oc2cc(OS(=O)(=O)[O-])ccc12.[Na+]. The van der Waals surface area contributed by atoms with E-state index in [9.17, 15) is 17.8 Å². The number of fused-ring (bicyclic) bond motifs is 1. The van der Waals surface area contributed by atoms with Gasteiger partial charge >= 0.3 is 35.2 Å². The molecule has 0 unspecified atom stereocenters. The molecular formula is C10H7NaO6S. The van der Waals surface area contributed by atoms with E-state index in [0.717, 1.165) is 0 Å². The third kappa shape index (κ3) is 3.56. The Hall–Kier alpha value is -0.860. The van der Waals surface area contributed by atoms with Crippen LogP contribution in [0, 0.1) is 6.92 Å². The number of hydrogen-bond acceptors (Lipinski definition) is 6. The first-order chi connectivity index (χ1) is 7.85. The van der Waals surface area contributed by atoms with Gasteiger partial charge in [0, 0.05) is 17.5 Å². The van der Waals surface area contributed by atoms with Gasteiger partial charge in [0.15, 0.2) is 0 Å². The van der Waals surface area contributed by atoms with Crippen molar-refractivity contribution in [1.82, 2.24) is 0 Å². The minimum Gasteiger partial charge on any atom is -0.716 e. The quantitative estimate of drug-likeness (QED) is 0.271. The molecule has 1 aromatic heterocycles. The Morgan fingerprint density at radius 3 is 2.56 bits per heavy atom. The molecule has 0 aliphatic rings. The predicted molar refractivity (Wildman–Crippen MR) is 57.5 cm³/mol. The summed E-state index contributed by atoms with van der Waals surface area (Å²) in [5.74, 6) is -0.193. The molecule has 0 spiro atoms. The Morgan fingerprint density at radius 2 is 1.94 bits per heavy atom. The van der Waals surface area contributed by atoms with Gasteiger partial charge in [-0.1, -0.05) is 0 Å². The molecule has 0 saturated carbocycles. The van der Waals surface area contributed by atoms with Crippen LogP contribution in [-0.4, -0.2) is 13.0 Å². The molecule has 6 nitrogen and oxygen atoms in total. The summed E-state index contributed by atoms with van der Waals surface area (Å²) in [4.78, 5) is 11.1.